The highest BCUT2D eigenvalue weighted by Gasteiger charge is 2.29. The third-order valence-corrected chi connectivity index (χ3v) is 6.62. The van der Waals surface area contributed by atoms with Crippen LogP contribution in [0.15, 0.2) is 36.4 Å². The molecule has 0 saturated heterocycles. The molecular weight excluding hydrogens is 472 g/mol. The van der Waals surface area contributed by atoms with Gasteiger partial charge in [0.15, 0.2) is 0 Å². The zero-order chi connectivity index (χ0) is 26.4. The van der Waals surface area contributed by atoms with E-state index < -0.39 is 6.09 Å². The minimum Gasteiger partial charge on any atom is -0.466 e. The third kappa shape index (κ3) is 6.38. The highest BCUT2D eigenvalue weighted by molar-refractivity contribution is 5.95. The molecule has 4 rings (SSSR count). The highest BCUT2D eigenvalue weighted by Crippen LogP contribution is 2.29. The summed E-state index contributed by atoms with van der Waals surface area (Å²) in [7, 11) is 0. The lowest BCUT2D eigenvalue weighted by molar-refractivity contribution is -0.143. The van der Waals surface area contributed by atoms with E-state index in [1.807, 2.05) is 25.1 Å². The largest absolute Gasteiger partial charge is 0.466 e. The first kappa shape index (κ1) is 26.0. The molecular formula is C27H34N6O4. The molecule has 0 aliphatic heterocycles. The van der Waals surface area contributed by atoms with Gasteiger partial charge >= 0.3 is 12.1 Å². The molecule has 0 radical (unpaired) electrons. The van der Waals surface area contributed by atoms with E-state index in [0.717, 1.165) is 53.8 Å². The van der Waals surface area contributed by atoms with Gasteiger partial charge in [0.05, 0.1) is 30.6 Å². The summed E-state index contributed by atoms with van der Waals surface area (Å²) < 4.78 is 10.9. The van der Waals surface area contributed by atoms with Crippen molar-refractivity contribution >= 4 is 34.6 Å². The number of nitrogen functional groups attached to an aromatic ring is 1. The lowest BCUT2D eigenvalue weighted by atomic mass is 10.2. The van der Waals surface area contributed by atoms with Crippen LogP contribution in [0.2, 0.25) is 0 Å². The van der Waals surface area contributed by atoms with Crippen molar-refractivity contribution in [1.82, 2.24) is 14.9 Å². The number of nitrogens with zero attached hydrogens (tertiary/aromatic N) is 2. The van der Waals surface area contributed by atoms with Gasteiger partial charge in [-0.25, -0.2) is 9.78 Å². The number of hydrogen-bond acceptors (Lipinski definition) is 7. The number of aryl methyl sites for hydroxylation is 1. The summed E-state index contributed by atoms with van der Waals surface area (Å²) in [5.41, 5.74) is 9.39. The van der Waals surface area contributed by atoms with Crippen LogP contribution < -0.4 is 15.8 Å². The molecule has 0 bridgehead atoms. The number of esters is 1. The topological polar surface area (TPSA) is 146 Å². The Balaban J connectivity index is 1.44. The molecule has 3 aromatic rings. The van der Waals surface area contributed by atoms with Gasteiger partial charge in [0, 0.05) is 29.4 Å². The molecule has 196 valence electrons. The van der Waals surface area contributed by atoms with E-state index in [1.165, 1.54) is 0 Å². The van der Waals surface area contributed by atoms with Gasteiger partial charge in [0.25, 0.3) is 0 Å². The first-order valence-electron chi connectivity index (χ1n) is 12.7. The number of nitrogens with two attached hydrogens (primary N) is 1. The second-order valence-corrected chi connectivity index (χ2v) is 9.17. The lowest BCUT2D eigenvalue weighted by Gasteiger charge is -2.28. The lowest BCUT2D eigenvalue weighted by Crippen LogP contribution is -2.42. The van der Waals surface area contributed by atoms with Crippen LogP contribution in [0.3, 0.4) is 0 Å². The Bertz CT molecular complexity index is 1260. The van der Waals surface area contributed by atoms with E-state index in [-0.39, 0.29) is 30.8 Å². The van der Waals surface area contributed by atoms with Crippen molar-refractivity contribution in [2.45, 2.75) is 58.5 Å². The molecule has 37 heavy (non-hydrogen) atoms. The average molecular weight is 507 g/mol. The predicted octanol–water partition coefficient (Wildman–Crippen LogP) is 4.46. The summed E-state index contributed by atoms with van der Waals surface area (Å²) in [4.78, 5) is 34.8. The van der Waals surface area contributed by atoms with Gasteiger partial charge in [-0.3, -0.25) is 10.2 Å². The standard InChI is InChI=1S/C27H34N6O4/c1-3-36-24(34)14-15-33(20-6-4-5-7-20)27(35)37-22-13-12-21-25(17(22)2)32-23(31-21)16-30-19-10-8-18(9-11-19)26(28)29/h8-13,20,30H,3-7,14-16H2,1-2H3,(H3,28,29)(H,31,32). The van der Waals surface area contributed by atoms with Gasteiger partial charge in [0.2, 0.25) is 0 Å². The summed E-state index contributed by atoms with van der Waals surface area (Å²) in [6.45, 7) is 4.70. The van der Waals surface area contributed by atoms with Gasteiger partial charge in [-0.2, -0.15) is 0 Å². The molecule has 0 spiro atoms. The maximum atomic E-state index is 13.2. The van der Waals surface area contributed by atoms with E-state index in [4.69, 9.17) is 25.6 Å². The van der Waals surface area contributed by atoms with Crippen LogP contribution in [0.4, 0.5) is 10.5 Å². The SMILES string of the molecule is CCOC(=O)CCN(C(=O)Oc1ccc2[nH]c(CNc3ccc(C(=N)N)cc3)nc2c1C)C1CCCC1. The first-order chi connectivity index (χ1) is 17.9. The van der Waals surface area contributed by atoms with Crippen molar-refractivity contribution < 1.29 is 19.1 Å². The molecule has 1 saturated carbocycles. The molecule has 2 aromatic carbocycles. The van der Waals surface area contributed by atoms with E-state index >= 15 is 0 Å². The molecule has 1 aliphatic carbocycles. The number of aromatic nitrogens is 2. The maximum Gasteiger partial charge on any atom is 0.415 e. The molecule has 1 heterocycles. The molecule has 0 atom stereocenters. The monoisotopic (exact) mass is 506 g/mol. The fourth-order valence-corrected chi connectivity index (χ4v) is 4.63. The molecule has 1 amide bonds. The number of amides is 1. The van der Waals surface area contributed by atoms with Gasteiger partial charge in [-0.15, -0.1) is 0 Å². The highest BCUT2D eigenvalue weighted by atomic mass is 16.6. The average Bonchev–Trinajstić information content (AvgIpc) is 3.56. The molecule has 1 aromatic heterocycles. The van der Waals surface area contributed by atoms with E-state index in [0.29, 0.717) is 24.5 Å². The van der Waals surface area contributed by atoms with Gasteiger partial charge in [-0.05, 0) is 63.1 Å². The Morgan fingerprint density at radius 2 is 1.92 bits per heavy atom. The number of carbonyl (C=O) groups excluding carboxylic acids is 2. The van der Waals surface area contributed by atoms with Crippen LogP contribution in [0, 0.1) is 12.3 Å². The van der Waals surface area contributed by atoms with Gasteiger partial charge < -0.3 is 30.4 Å². The Labute approximate surface area is 216 Å². The predicted molar refractivity (Wildman–Crippen MR) is 142 cm³/mol. The van der Waals surface area contributed by atoms with Crippen LogP contribution >= 0.6 is 0 Å². The Morgan fingerprint density at radius 1 is 1.19 bits per heavy atom. The number of imidazole rings is 1. The number of carbonyl (C=O) groups is 2. The van der Waals surface area contributed by atoms with Gasteiger partial charge in [0.1, 0.15) is 17.4 Å². The van der Waals surface area contributed by atoms with Crippen LogP contribution in [0.5, 0.6) is 5.75 Å². The van der Waals surface area contributed by atoms with Crippen LogP contribution in [-0.4, -0.2) is 52.0 Å². The van der Waals surface area contributed by atoms with E-state index in [2.05, 4.69) is 10.3 Å². The van der Waals surface area contributed by atoms with Crippen LogP contribution in [-0.2, 0) is 16.1 Å². The fraction of sp³-hybridized carbons (Fsp3) is 0.407. The number of fused-ring (bicyclic) bond motifs is 1. The number of hydrogen-bond donors (Lipinski definition) is 4. The Morgan fingerprint density at radius 3 is 2.59 bits per heavy atom. The molecule has 10 heteroatoms. The Hall–Kier alpha value is -4.08. The van der Waals surface area contributed by atoms with E-state index in [1.54, 1.807) is 30.0 Å². The Kier molecular flexibility index (Phi) is 8.27. The normalized spacial score (nSPS) is 13.5. The summed E-state index contributed by atoms with van der Waals surface area (Å²) in [6, 6.07) is 11.0. The maximum absolute atomic E-state index is 13.2. The minimum atomic E-state index is -0.454. The fourth-order valence-electron chi connectivity index (χ4n) is 4.63. The number of anilines is 1. The zero-order valence-electron chi connectivity index (χ0n) is 21.3. The van der Waals surface area contributed by atoms with Crippen molar-refractivity contribution in [3.05, 3.63) is 53.3 Å². The first-order valence-corrected chi connectivity index (χ1v) is 12.7. The molecule has 0 unspecified atom stereocenters. The van der Waals surface area contributed by atoms with Crippen LogP contribution in [0.1, 0.15) is 56.0 Å². The number of benzene rings is 2. The number of amidine groups is 1. The van der Waals surface area contributed by atoms with Crippen LogP contribution in [0.25, 0.3) is 11.0 Å². The molecule has 1 fully saturated rings. The quantitative estimate of drug-likeness (QED) is 0.180. The number of aromatic amines is 1. The van der Waals surface area contributed by atoms with Crippen molar-refractivity contribution in [1.29, 1.82) is 5.41 Å². The van der Waals surface area contributed by atoms with Crippen molar-refractivity contribution in [2.75, 3.05) is 18.5 Å². The molecule has 1 aliphatic rings. The number of nitrogens with one attached hydrogen (secondary N) is 3. The summed E-state index contributed by atoms with van der Waals surface area (Å²) >= 11 is 0. The van der Waals surface area contributed by atoms with Crippen molar-refractivity contribution in [2.24, 2.45) is 5.73 Å². The molecule has 10 nitrogen and oxygen atoms in total. The van der Waals surface area contributed by atoms with Crippen molar-refractivity contribution in [3.63, 3.8) is 0 Å². The number of H-pyrrole nitrogens is 1. The summed E-state index contributed by atoms with van der Waals surface area (Å²) in [5.74, 6) is 0.895. The third-order valence-electron chi connectivity index (χ3n) is 6.62. The van der Waals surface area contributed by atoms with E-state index in [9.17, 15) is 9.59 Å². The summed E-state index contributed by atoms with van der Waals surface area (Å²) in [6.07, 6.45) is 3.62. The number of rotatable bonds is 10. The summed E-state index contributed by atoms with van der Waals surface area (Å²) in [5, 5.41) is 10.8. The number of ether oxygens (including phenoxy) is 2. The van der Waals surface area contributed by atoms with Gasteiger partial charge in [-0.1, -0.05) is 12.8 Å². The smallest absolute Gasteiger partial charge is 0.415 e. The second-order valence-electron chi connectivity index (χ2n) is 9.17. The minimum absolute atomic E-state index is 0.0289. The van der Waals surface area contributed by atoms with Crippen molar-refractivity contribution in [3.8, 4) is 5.75 Å². The second kappa shape index (κ2) is 11.8. The molecule has 5 N–H and O–H groups in total. The zero-order valence-corrected chi connectivity index (χ0v) is 21.3.